The average Bonchev–Trinajstić information content (AvgIpc) is 2.71. The van der Waals surface area contributed by atoms with Crippen molar-refractivity contribution in [1.82, 2.24) is 9.78 Å². The molecule has 1 saturated heterocycles. The molecule has 1 atom stereocenters. The topological polar surface area (TPSA) is 82.9 Å². The second kappa shape index (κ2) is 12.0. The monoisotopic (exact) mass is 503 g/mol. The van der Waals surface area contributed by atoms with Crippen molar-refractivity contribution < 1.29 is 19.0 Å². The van der Waals surface area contributed by atoms with Crippen LogP contribution in [0.4, 0.5) is 5.69 Å². The second-order valence-corrected chi connectivity index (χ2v) is 15.2. The molecule has 30 heavy (non-hydrogen) atoms. The van der Waals surface area contributed by atoms with Gasteiger partial charge in [0.1, 0.15) is 11.2 Å². The van der Waals surface area contributed by atoms with Gasteiger partial charge in [0, 0.05) is 21.2 Å². The minimum Gasteiger partial charge on any atom is -0.469 e. The SMILES string of the molecule is COC(=O)CCOCC1CCCCN1c1cnn(COCC[Si](C)(C)C)c(=O)c1Br. The molecule has 0 spiro atoms. The zero-order valence-electron chi connectivity index (χ0n) is 18.5. The van der Waals surface area contributed by atoms with Crippen molar-refractivity contribution in [2.75, 3.05) is 38.4 Å². The van der Waals surface area contributed by atoms with Crippen LogP contribution >= 0.6 is 15.9 Å². The van der Waals surface area contributed by atoms with Crippen LogP contribution in [0.1, 0.15) is 25.7 Å². The molecule has 1 aromatic rings. The molecule has 1 unspecified atom stereocenters. The zero-order valence-corrected chi connectivity index (χ0v) is 21.1. The highest BCUT2D eigenvalue weighted by atomic mass is 79.9. The van der Waals surface area contributed by atoms with E-state index in [9.17, 15) is 9.59 Å². The number of esters is 1. The maximum absolute atomic E-state index is 12.8. The Morgan fingerprint density at radius 1 is 1.27 bits per heavy atom. The minimum atomic E-state index is -1.17. The van der Waals surface area contributed by atoms with Gasteiger partial charge >= 0.3 is 5.97 Å². The molecule has 0 N–H and O–H groups in total. The molecule has 1 aliphatic rings. The summed E-state index contributed by atoms with van der Waals surface area (Å²) in [6.07, 6.45) is 5.08. The third-order valence-electron chi connectivity index (χ3n) is 5.10. The van der Waals surface area contributed by atoms with Gasteiger partial charge < -0.3 is 19.1 Å². The van der Waals surface area contributed by atoms with Gasteiger partial charge in [0.15, 0.2) is 0 Å². The molecule has 0 aliphatic carbocycles. The molecule has 8 nitrogen and oxygen atoms in total. The lowest BCUT2D eigenvalue weighted by Gasteiger charge is -2.37. The van der Waals surface area contributed by atoms with Crippen LogP contribution < -0.4 is 10.5 Å². The van der Waals surface area contributed by atoms with Gasteiger partial charge in [-0.3, -0.25) is 9.59 Å². The van der Waals surface area contributed by atoms with Crippen LogP contribution in [0.3, 0.4) is 0 Å². The van der Waals surface area contributed by atoms with Crippen LogP contribution in [0.5, 0.6) is 0 Å². The fourth-order valence-electron chi connectivity index (χ4n) is 3.25. The predicted molar refractivity (Wildman–Crippen MR) is 123 cm³/mol. The standard InChI is InChI=1S/C20H34BrN3O5Si/c1-27-18(25)8-10-28-14-16-7-5-6-9-23(16)17-13-22-24(20(26)19(17)21)15-29-11-12-30(2,3)4/h13,16H,5-12,14-15H2,1-4H3. The van der Waals surface area contributed by atoms with Gasteiger partial charge in [-0.15, -0.1) is 0 Å². The molecule has 170 valence electrons. The molecule has 0 amide bonds. The van der Waals surface area contributed by atoms with Gasteiger partial charge in [-0.1, -0.05) is 19.6 Å². The van der Waals surface area contributed by atoms with E-state index < -0.39 is 8.07 Å². The van der Waals surface area contributed by atoms with Crippen LogP contribution in [0.15, 0.2) is 15.5 Å². The molecule has 2 rings (SSSR count). The summed E-state index contributed by atoms with van der Waals surface area (Å²) in [6.45, 7) is 9.32. The van der Waals surface area contributed by atoms with E-state index in [0.29, 0.717) is 24.3 Å². The average molecular weight is 504 g/mol. The highest BCUT2D eigenvalue weighted by Crippen LogP contribution is 2.29. The highest BCUT2D eigenvalue weighted by Gasteiger charge is 2.26. The predicted octanol–water partition coefficient (Wildman–Crippen LogP) is 3.26. The van der Waals surface area contributed by atoms with E-state index in [1.807, 2.05) is 0 Å². The van der Waals surface area contributed by atoms with Crippen molar-refractivity contribution in [2.45, 2.75) is 64.1 Å². The van der Waals surface area contributed by atoms with Gasteiger partial charge in [-0.2, -0.15) is 5.10 Å². The van der Waals surface area contributed by atoms with Crippen LogP contribution in [0.2, 0.25) is 25.7 Å². The van der Waals surface area contributed by atoms with E-state index in [0.717, 1.165) is 37.5 Å². The fourth-order valence-corrected chi connectivity index (χ4v) is 4.54. The summed E-state index contributed by atoms with van der Waals surface area (Å²) in [7, 11) is 0.202. The Balaban J connectivity index is 1.99. The first-order valence-electron chi connectivity index (χ1n) is 10.5. The van der Waals surface area contributed by atoms with Crippen molar-refractivity contribution in [2.24, 2.45) is 0 Å². The van der Waals surface area contributed by atoms with Gasteiger partial charge in [0.05, 0.1) is 44.7 Å². The molecule has 0 aromatic carbocycles. The molecule has 0 saturated carbocycles. The van der Waals surface area contributed by atoms with E-state index in [1.54, 1.807) is 6.20 Å². The van der Waals surface area contributed by atoms with Crippen LogP contribution in [-0.4, -0.2) is 63.3 Å². The molecule has 2 heterocycles. The molecular formula is C20H34BrN3O5Si. The molecule has 1 aromatic heterocycles. The van der Waals surface area contributed by atoms with E-state index >= 15 is 0 Å². The number of aromatic nitrogens is 2. The first-order valence-corrected chi connectivity index (χ1v) is 15.0. The smallest absolute Gasteiger partial charge is 0.307 e. The number of nitrogens with zero attached hydrogens (tertiary/aromatic N) is 3. The molecule has 1 aliphatic heterocycles. The van der Waals surface area contributed by atoms with Crippen molar-refractivity contribution in [1.29, 1.82) is 0 Å². The first-order chi connectivity index (χ1) is 14.2. The Kier molecular flexibility index (Phi) is 9.99. The maximum atomic E-state index is 12.8. The highest BCUT2D eigenvalue weighted by molar-refractivity contribution is 9.10. The van der Waals surface area contributed by atoms with Gasteiger partial charge in [-0.05, 0) is 41.2 Å². The molecular weight excluding hydrogens is 470 g/mol. The summed E-state index contributed by atoms with van der Waals surface area (Å²) >= 11 is 3.48. The molecule has 10 heteroatoms. The lowest BCUT2D eigenvalue weighted by atomic mass is 10.0. The van der Waals surface area contributed by atoms with Crippen molar-refractivity contribution in [3.63, 3.8) is 0 Å². The minimum absolute atomic E-state index is 0.137. The lowest BCUT2D eigenvalue weighted by Crippen LogP contribution is -2.44. The van der Waals surface area contributed by atoms with Gasteiger partial charge in [0.25, 0.3) is 5.56 Å². The summed E-state index contributed by atoms with van der Waals surface area (Å²) in [5.74, 6) is -0.280. The number of carbonyl (C=O) groups excluding carboxylic acids is 1. The summed E-state index contributed by atoms with van der Waals surface area (Å²) in [5, 5.41) is 4.33. The van der Waals surface area contributed by atoms with E-state index in [-0.39, 0.29) is 30.7 Å². The van der Waals surface area contributed by atoms with Crippen molar-refractivity contribution in [3.8, 4) is 0 Å². The lowest BCUT2D eigenvalue weighted by molar-refractivity contribution is -0.141. The molecule has 0 bridgehead atoms. The Hall–Kier alpha value is -1.23. The van der Waals surface area contributed by atoms with E-state index in [1.165, 1.54) is 11.8 Å². The van der Waals surface area contributed by atoms with Crippen LogP contribution in [0, 0.1) is 0 Å². The second-order valence-electron chi connectivity index (χ2n) is 8.74. The Labute approximate surface area is 188 Å². The number of ether oxygens (including phenoxy) is 3. The summed E-state index contributed by atoms with van der Waals surface area (Å²) in [5.41, 5.74) is 0.580. The number of piperidine rings is 1. The third kappa shape index (κ3) is 7.79. The number of hydrogen-bond donors (Lipinski definition) is 0. The number of halogens is 1. The Morgan fingerprint density at radius 2 is 2.03 bits per heavy atom. The number of methoxy groups -OCH3 is 1. The summed E-state index contributed by atoms with van der Waals surface area (Å²) in [4.78, 5) is 26.2. The molecule has 0 radical (unpaired) electrons. The van der Waals surface area contributed by atoms with Crippen molar-refractivity contribution >= 4 is 35.7 Å². The zero-order chi connectivity index (χ0) is 22.1. The maximum Gasteiger partial charge on any atom is 0.307 e. The quantitative estimate of drug-likeness (QED) is 0.260. The summed E-state index contributed by atoms with van der Waals surface area (Å²) < 4.78 is 17.9. The van der Waals surface area contributed by atoms with Crippen LogP contribution in [0.25, 0.3) is 0 Å². The Bertz CT molecular complexity index is 753. The van der Waals surface area contributed by atoms with Crippen LogP contribution in [-0.2, 0) is 25.7 Å². The first kappa shape index (κ1) is 25.0. The molecule has 1 fully saturated rings. The number of hydrogen-bond acceptors (Lipinski definition) is 7. The van der Waals surface area contributed by atoms with Crippen molar-refractivity contribution in [3.05, 3.63) is 21.0 Å². The van der Waals surface area contributed by atoms with Gasteiger partial charge in [-0.25, -0.2) is 4.68 Å². The third-order valence-corrected chi connectivity index (χ3v) is 7.55. The van der Waals surface area contributed by atoms with E-state index in [4.69, 9.17) is 9.47 Å². The fraction of sp³-hybridized carbons (Fsp3) is 0.750. The van der Waals surface area contributed by atoms with Gasteiger partial charge in [0.2, 0.25) is 0 Å². The number of anilines is 1. The number of rotatable bonds is 11. The largest absolute Gasteiger partial charge is 0.469 e. The normalized spacial score (nSPS) is 17.2. The Morgan fingerprint density at radius 3 is 2.73 bits per heavy atom. The number of carbonyl (C=O) groups is 1. The summed E-state index contributed by atoms with van der Waals surface area (Å²) in [6, 6.07) is 1.18. The van der Waals surface area contributed by atoms with E-state index in [2.05, 4.69) is 50.3 Å².